The van der Waals surface area contributed by atoms with Gasteiger partial charge in [-0.3, -0.25) is 0 Å². The molecule has 0 aliphatic carbocycles. The number of rotatable bonds is 7. The predicted octanol–water partition coefficient (Wildman–Crippen LogP) is 4.12. The summed E-state index contributed by atoms with van der Waals surface area (Å²) < 4.78 is 6.12. The molecule has 0 spiro atoms. The smallest absolute Gasteiger partial charge is 0.102 e. The zero-order valence-electron chi connectivity index (χ0n) is 12.3. The van der Waals surface area contributed by atoms with Crippen LogP contribution in [-0.2, 0) is 4.74 Å². The van der Waals surface area contributed by atoms with Crippen LogP contribution in [0.15, 0.2) is 60.7 Å². The van der Waals surface area contributed by atoms with Crippen LogP contribution in [0.4, 0.5) is 0 Å². The first kappa shape index (κ1) is 14.8. The van der Waals surface area contributed by atoms with Gasteiger partial charge in [0.05, 0.1) is 6.04 Å². The monoisotopic (exact) mass is 269 g/mol. The Kier molecular flexibility index (Phi) is 5.78. The fourth-order valence-corrected chi connectivity index (χ4v) is 2.43. The lowest BCUT2D eigenvalue weighted by Crippen LogP contribution is -2.26. The van der Waals surface area contributed by atoms with E-state index < -0.39 is 0 Å². The molecular weight excluding hydrogens is 246 g/mol. The van der Waals surface area contributed by atoms with Crippen molar-refractivity contribution in [1.29, 1.82) is 0 Å². The van der Waals surface area contributed by atoms with E-state index in [0.717, 1.165) is 13.0 Å². The van der Waals surface area contributed by atoms with E-state index in [9.17, 15) is 0 Å². The summed E-state index contributed by atoms with van der Waals surface area (Å²) in [5.74, 6) is 0. The van der Waals surface area contributed by atoms with E-state index in [1.807, 2.05) is 19.2 Å². The molecule has 0 bridgehead atoms. The van der Waals surface area contributed by atoms with E-state index in [1.165, 1.54) is 11.1 Å². The van der Waals surface area contributed by atoms with Gasteiger partial charge in [-0.1, -0.05) is 67.6 Å². The fraction of sp³-hybridized carbons (Fsp3) is 0.333. The molecule has 2 unspecified atom stereocenters. The van der Waals surface area contributed by atoms with Crippen molar-refractivity contribution in [3.05, 3.63) is 71.8 Å². The Morgan fingerprint density at radius 3 is 1.95 bits per heavy atom. The number of nitrogens with one attached hydrogen (secondary N) is 1. The molecule has 2 aromatic carbocycles. The third-order valence-electron chi connectivity index (χ3n) is 3.40. The van der Waals surface area contributed by atoms with Crippen LogP contribution in [0.1, 0.15) is 36.6 Å². The highest BCUT2D eigenvalue weighted by Crippen LogP contribution is 2.31. The summed E-state index contributed by atoms with van der Waals surface area (Å²) >= 11 is 0. The van der Waals surface area contributed by atoms with Crippen LogP contribution < -0.4 is 5.32 Å². The van der Waals surface area contributed by atoms with Gasteiger partial charge in [-0.15, -0.1) is 0 Å². The molecular formula is C18H23NO. The number of hydrogen-bond acceptors (Lipinski definition) is 2. The minimum absolute atomic E-state index is 0.0311. The van der Waals surface area contributed by atoms with E-state index >= 15 is 0 Å². The molecule has 0 aromatic heterocycles. The highest BCUT2D eigenvalue weighted by atomic mass is 16.5. The first-order valence-electron chi connectivity index (χ1n) is 7.25. The molecule has 0 saturated heterocycles. The van der Waals surface area contributed by atoms with E-state index in [0.29, 0.717) is 0 Å². The van der Waals surface area contributed by atoms with Gasteiger partial charge in [0.2, 0.25) is 0 Å². The first-order valence-corrected chi connectivity index (χ1v) is 7.25. The molecule has 0 amide bonds. The van der Waals surface area contributed by atoms with Gasteiger partial charge in [-0.05, 0) is 24.6 Å². The second-order valence-corrected chi connectivity index (χ2v) is 4.88. The largest absolute Gasteiger partial charge is 0.372 e. The van der Waals surface area contributed by atoms with Gasteiger partial charge in [0.1, 0.15) is 6.10 Å². The van der Waals surface area contributed by atoms with Crippen molar-refractivity contribution in [3.63, 3.8) is 0 Å². The normalized spacial score (nSPS) is 13.9. The fourth-order valence-electron chi connectivity index (χ4n) is 2.43. The van der Waals surface area contributed by atoms with E-state index in [1.54, 1.807) is 0 Å². The van der Waals surface area contributed by atoms with Crippen molar-refractivity contribution in [2.45, 2.75) is 25.5 Å². The Labute approximate surface area is 121 Å². The van der Waals surface area contributed by atoms with Gasteiger partial charge in [0.25, 0.3) is 0 Å². The van der Waals surface area contributed by atoms with Crippen molar-refractivity contribution in [1.82, 2.24) is 5.32 Å². The number of hydrogen-bond donors (Lipinski definition) is 1. The van der Waals surface area contributed by atoms with Gasteiger partial charge in [-0.2, -0.15) is 0 Å². The summed E-state index contributed by atoms with van der Waals surface area (Å²) in [7, 11) is 1.99. The summed E-state index contributed by atoms with van der Waals surface area (Å²) in [6.07, 6.45) is 1.05. The highest BCUT2D eigenvalue weighted by molar-refractivity contribution is 5.26. The van der Waals surface area contributed by atoms with Crippen LogP contribution >= 0.6 is 0 Å². The molecule has 0 fully saturated rings. The van der Waals surface area contributed by atoms with Crippen LogP contribution in [-0.4, -0.2) is 13.7 Å². The van der Waals surface area contributed by atoms with Crippen molar-refractivity contribution in [3.8, 4) is 0 Å². The van der Waals surface area contributed by atoms with Gasteiger partial charge in [0.15, 0.2) is 0 Å². The van der Waals surface area contributed by atoms with Crippen molar-refractivity contribution >= 4 is 0 Å². The Morgan fingerprint density at radius 2 is 1.45 bits per heavy atom. The lowest BCUT2D eigenvalue weighted by Gasteiger charge is -2.28. The second kappa shape index (κ2) is 7.83. The zero-order chi connectivity index (χ0) is 14.2. The molecule has 0 aliphatic heterocycles. The zero-order valence-corrected chi connectivity index (χ0v) is 12.3. The van der Waals surface area contributed by atoms with E-state index in [2.05, 4.69) is 60.8 Å². The highest BCUT2D eigenvalue weighted by Gasteiger charge is 2.23. The third-order valence-corrected chi connectivity index (χ3v) is 3.40. The molecule has 106 valence electrons. The lowest BCUT2D eigenvalue weighted by atomic mass is 9.95. The molecule has 20 heavy (non-hydrogen) atoms. The molecule has 0 aliphatic rings. The maximum absolute atomic E-state index is 6.12. The van der Waals surface area contributed by atoms with Crippen molar-refractivity contribution in [2.24, 2.45) is 0 Å². The third kappa shape index (κ3) is 3.69. The quantitative estimate of drug-likeness (QED) is 0.816. The summed E-state index contributed by atoms with van der Waals surface area (Å²) in [5, 5.41) is 3.40. The van der Waals surface area contributed by atoms with Crippen LogP contribution in [0.25, 0.3) is 0 Å². The van der Waals surface area contributed by atoms with Crippen molar-refractivity contribution < 1.29 is 4.74 Å². The summed E-state index contributed by atoms with van der Waals surface area (Å²) in [5.41, 5.74) is 2.46. The molecule has 2 rings (SSSR count). The number of benzene rings is 2. The first-order chi connectivity index (χ1) is 9.86. The van der Waals surface area contributed by atoms with E-state index in [-0.39, 0.29) is 12.1 Å². The summed E-state index contributed by atoms with van der Waals surface area (Å²) in [6, 6.07) is 21.1. The van der Waals surface area contributed by atoms with Crippen LogP contribution in [0.2, 0.25) is 0 Å². The Bertz CT molecular complexity index is 483. The van der Waals surface area contributed by atoms with Crippen molar-refractivity contribution in [2.75, 3.05) is 13.7 Å². The molecule has 0 radical (unpaired) electrons. The average Bonchev–Trinajstić information content (AvgIpc) is 2.53. The molecule has 0 saturated carbocycles. The topological polar surface area (TPSA) is 21.3 Å². The van der Waals surface area contributed by atoms with Crippen LogP contribution in [0.3, 0.4) is 0 Å². The summed E-state index contributed by atoms with van der Waals surface area (Å²) in [4.78, 5) is 0. The molecule has 2 aromatic rings. The van der Waals surface area contributed by atoms with E-state index in [4.69, 9.17) is 4.74 Å². The summed E-state index contributed by atoms with van der Waals surface area (Å²) in [6.45, 7) is 2.91. The predicted molar refractivity (Wildman–Crippen MR) is 83.7 cm³/mol. The Morgan fingerprint density at radius 1 is 0.900 bits per heavy atom. The molecule has 1 N–H and O–H groups in total. The van der Waals surface area contributed by atoms with Gasteiger partial charge >= 0.3 is 0 Å². The maximum Gasteiger partial charge on any atom is 0.102 e. The van der Waals surface area contributed by atoms with Gasteiger partial charge < -0.3 is 10.1 Å². The Balaban J connectivity index is 2.29. The second-order valence-electron chi connectivity index (χ2n) is 4.88. The van der Waals surface area contributed by atoms with Gasteiger partial charge in [0, 0.05) is 6.61 Å². The SMILES string of the molecule is CCCOC(c1ccccc1)C(NC)c1ccccc1. The number of ether oxygens (including phenoxy) is 1. The molecule has 2 nitrogen and oxygen atoms in total. The Hall–Kier alpha value is -1.64. The molecule has 2 atom stereocenters. The maximum atomic E-state index is 6.12. The minimum Gasteiger partial charge on any atom is -0.372 e. The average molecular weight is 269 g/mol. The lowest BCUT2D eigenvalue weighted by molar-refractivity contribution is 0.0265. The standard InChI is InChI=1S/C18H23NO/c1-3-14-20-18(16-12-8-5-9-13-16)17(19-2)15-10-6-4-7-11-15/h4-13,17-19H,3,14H2,1-2H3. The minimum atomic E-state index is 0.0311. The number of likely N-dealkylation sites (N-methyl/N-ethyl adjacent to an activating group) is 1. The van der Waals surface area contributed by atoms with Gasteiger partial charge in [-0.25, -0.2) is 0 Å². The molecule has 0 heterocycles. The molecule has 2 heteroatoms. The van der Waals surface area contributed by atoms with Crippen LogP contribution in [0.5, 0.6) is 0 Å². The van der Waals surface area contributed by atoms with Crippen LogP contribution in [0, 0.1) is 0 Å².